The fraction of sp³-hybridized carbons (Fsp3) is 0.526. The highest BCUT2D eigenvalue weighted by Crippen LogP contribution is 2.44. The van der Waals surface area contributed by atoms with Gasteiger partial charge in [-0.1, -0.05) is 6.07 Å². The molecule has 0 saturated heterocycles. The van der Waals surface area contributed by atoms with Crippen LogP contribution >= 0.6 is 0 Å². The zero-order valence-electron chi connectivity index (χ0n) is 16.8. The van der Waals surface area contributed by atoms with Gasteiger partial charge in [0.2, 0.25) is 10.0 Å². The number of aromatic nitrogens is 1. The van der Waals surface area contributed by atoms with Gasteiger partial charge < -0.3 is 14.8 Å². The zero-order chi connectivity index (χ0) is 21.6. The van der Waals surface area contributed by atoms with Crippen molar-refractivity contribution < 1.29 is 27.5 Å². The van der Waals surface area contributed by atoms with Crippen molar-refractivity contribution in [1.29, 1.82) is 0 Å². The number of hydrogen-bond donors (Lipinski definition) is 2. The smallest absolute Gasteiger partial charge is 0.303 e. The number of amides is 1. The summed E-state index contributed by atoms with van der Waals surface area (Å²) in [6, 6.07) is 1.79. The first-order valence-electron chi connectivity index (χ1n) is 9.37. The number of nitrogens with one attached hydrogen (secondary N) is 1. The van der Waals surface area contributed by atoms with Gasteiger partial charge in [-0.3, -0.25) is 13.9 Å². The number of unbranched alkanes of at least 4 members (excludes halogenated alkanes) is 1. The van der Waals surface area contributed by atoms with E-state index in [1.165, 1.54) is 17.6 Å². The second kappa shape index (κ2) is 9.73. The highest BCUT2D eigenvalue weighted by molar-refractivity contribution is 7.92. The van der Waals surface area contributed by atoms with Gasteiger partial charge in [0.1, 0.15) is 12.1 Å². The van der Waals surface area contributed by atoms with Gasteiger partial charge in [0.25, 0.3) is 5.91 Å². The van der Waals surface area contributed by atoms with Gasteiger partial charge in [-0.05, 0) is 49.7 Å². The molecule has 0 bridgehead atoms. The molecule has 0 atom stereocenters. The van der Waals surface area contributed by atoms with Crippen LogP contribution in [-0.2, 0) is 14.8 Å². The van der Waals surface area contributed by atoms with E-state index in [-0.39, 0.29) is 30.6 Å². The Labute approximate surface area is 170 Å². The first-order chi connectivity index (χ1) is 13.6. The van der Waals surface area contributed by atoms with Gasteiger partial charge in [-0.2, -0.15) is 0 Å². The Bertz CT molecular complexity index is 920. The number of aryl methyl sites for hydroxylation is 1. The van der Waals surface area contributed by atoms with Crippen LogP contribution in [0.25, 0.3) is 0 Å². The minimum atomic E-state index is -3.66. The molecule has 9 nitrogen and oxygen atoms in total. The van der Waals surface area contributed by atoms with Gasteiger partial charge in [0, 0.05) is 20.0 Å². The van der Waals surface area contributed by atoms with Crippen LogP contribution in [0.15, 0.2) is 23.1 Å². The third-order valence-electron chi connectivity index (χ3n) is 4.60. The van der Waals surface area contributed by atoms with E-state index in [4.69, 9.17) is 9.52 Å². The lowest BCUT2D eigenvalue weighted by molar-refractivity contribution is -0.137. The molecule has 2 N–H and O–H groups in total. The summed E-state index contributed by atoms with van der Waals surface area (Å²) < 4.78 is 31.5. The first-order valence-corrected chi connectivity index (χ1v) is 11.2. The molecule has 1 aromatic heterocycles. The van der Waals surface area contributed by atoms with E-state index >= 15 is 0 Å². The van der Waals surface area contributed by atoms with Crippen molar-refractivity contribution in [2.24, 2.45) is 0 Å². The van der Waals surface area contributed by atoms with E-state index in [9.17, 15) is 18.0 Å². The summed E-state index contributed by atoms with van der Waals surface area (Å²) in [4.78, 5) is 27.1. The van der Waals surface area contributed by atoms with Gasteiger partial charge in [-0.25, -0.2) is 13.4 Å². The molecule has 0 aromatic carbocycles. The quantitative estimate of drug-likeness (QED) is 0.581. The minimum absolute atomic E-state index is 0.0308. The van der Waals surface area contributed by atoms with Crippen LogP contribution in [0, 0.1) is 6.92 Å². The highest BCUT2D eigenvalue weighted by Gasteiger charge is 2.31. The van der Waals surface area contributed by atoms with Crippen molar-refractivity contribution in [3.8, 4) is 0 Å². The molecule has 0 unspecified atom stereocenters. The fourth-order valence-corrected chi connectivity index (χ4v) is 3.88. The van der Waals surface area contributed by atoms with E-state index in [0.29, 0.717) is 24.0 Å². The van der Waals surface area contributed by atoms with Crippen molar-refractivity contribution in [1.82, 2.24) is 10.3 Å². The average Bonchev–Trinajstić information content (AvgIpc) is 3.46. The van der Waals surface area contributed by atoms with Crippen molar-refractivity contribution in [3.05, 3.63) is 35.4 Å². The number of carboxylic acid groups (broad SMARTS) is 1. The molecule has 0 aliphatic heterocycles. The van der Waals surface area contributed by atoms with Crippen molar-refractivity contribution in [2.75, 3.05) is 24.2 Å². The number of rotatable bonds is 9. The van der Waals surface area contributed by atoms with E-state index < -0.39 is 16.0 Å². The van der Waals surface area contributed by atoms with Crippen LogP contribution in [0.1, 0.15) is 59.5 Å². The number of nitrogens with zero attached hydrogens (tertiary/aromatic N) is 2. The van der Waals surface area contributed by atoms with E-state index in [0.717, 1.165) is 31.1 Å². The third kappa shape index (κ3) is 6.45. The molecule has 29 heavy (non-hydrogen) atoms. The molecule has 160 valence electrons. The van der Waals surface area contributed by atoms with Crippen LogP contribution in [0.2, 0.25) is 0 Å². The molecular formula is C19H27N3O6S. The summed E-state index contributed by atoms with van der Waals surface area (Å²) in [5.74, 6) is -0.853. The molecule has 2 rings (SSSR count). The standard InChI is InChI=1S/C19H27N3O6S/c1-13-10-15(14-7-8-14)18(21-12-28-11-16(13)19(25)20-2)22(29(3,26)27)9-5-4-6-17(23)24/h10-12,14H,4-9H2,1-3H3,(H,20,25)(H,23,24). The number of hydrogen-bond acceptors (Lipinski definition) is 6. The largest absolute Gasteiger partial charge is 0.481 e. The number of carboxylic acids is 1. The second-order valence-corrected chi connectivity index (χ2v) is 8.95. The normalized spacial score (nSPS) is 13.5. The molecule has 1 heterocycles. The summed E-state index contributed by atoms with van der Waals surface area (Å²) in [7, 11) is -2.15. The van der Waals surface area contributed by atoms with Gasteiger partial charge in [-0.15, -0.1) is 0 Å². The molecule has 1 aromatic rings. The maximum absolute atomic E-state index is 12.5. The summed E-state index contributed by atoms with van der Waals surface area (Å²) in [5.41, 5.74) is 1.68. The summed E-state index contributed by atoms with van der Waals surface area (Å²) in [5, 5.41) is 11.4. The molecular weight excluding hydrogens is 398 g/mol. The highest BCUT2D eigenvalue weighted by atomic mass is 32.2. The Morgan fingerprint density at radius 3 is 2.59 bits per heavy atom. The molecule has 1 aliphatic carbocycles. The zero-order valence-corrected chi connectivity index (χ0v) is 17.7. The Morgan fingerprint density at radius 1 is 1.34 bits per heavy atom. The number of aliphatic carboxylic acids is 1. The van der Waals surface area contributed by atoms with Crippen molar-refractivity contribution in [2.45, 2.75) is 44.9 Å². The molecule has 1 amide bonds. The third-order valence-corrected chi connectivity index (χ3v) is 5.76. The molecule has 0 spiro atoms. The van der Waals surface area contributed by atoms with Gasteiger partial charge in [0.15, 0.2) is 6.39 Å². The Balaban J connectivity index is 2.56. The summed E-state index contributed by atoms with van der Waals surface area (Å²) in [6.07, 6.45) is 5.98. The first kappa shape index (κ1) is 22.7. The summed E-state index contributed by atoms with van der Waals surface area (Å²) in [6.45, 7) is 1.87. The minimum Gasteiger partial charge on any atom is -0.481 e. The van der Waals surface area contributed by atoms with E-state index in [1.54, 1.807) is 13.0 Å². The number of carbonyl (C=O) groups excluding carboxylic acids is 1. The fourth-order valence-electron chi connectivity index (χ4n) is 2.95. The van der Waals surface area contributed by atoms with Crippen LogP contribution in [-0.4, -0.2) is 50.2 Å². The monoisotopic (exact) mass is 425 g/mol. The Hall–Kier alpha value is -2.62. The lowest BCUT2D eigenvalue weighted by Crippen LogP contribution is -2.32. The van der Waals surface area contributed by atoms with Crippen LogP contribution in [0.5, 0.6) is 0 Å². The lowest BCUT2D eigenvalue weighted by atomic mass is 10.1. The average molecular weight is 426 g/mol. The predicted octanol–water partition coefficient (Wildman–Crippen LogP) is 2.37. The molecule has 1 saturated carbocycles. The van der Waals surface area contributed by atoms with E-state index in [2.05, 4.69) is 10.3 Å². The maximum Gasteiger partial charge on any atom is 0.303 e. The summed E-state index contributed by atoms with van der Waals surface area (Å²) >= 11 is 0. The van der Waals surface area contributed by atoms with Gasteiger partial charge in [0.05, 0.1) is 11.8 Å². The Kier molecular flexibility index (Phi) is 7.60. The second-order valence-electron chi connectivity index (χ2n) is 7.05. The van der Waals surface area contributed by atoms with Gasteiger partial charge >= 0.3 is 5.97 Å². The van der Waals surface area contributed by atoms with Crippen LogP contribution in [0.3, 0.4) is 0 Å². The molecule has 1 aliphatic rings. The van der Waals surface area contributed by atoms with Crippen molar-refractivity contribution in [3.63, 3.8) is 0 Å². The predicted molar refractivity (Wildman–Crippen MR) is 108 cm³/mol. The Morgan fingerprint density at radius 2 is 2.03 bits per heavy atom. The number of sulfonamides is 1. The molecule has 10 heteroatoms. The topological polar surface area (TPSA) is 130 Å². The van der Waals surface area contributed by atoms with E-state index in [1.807, 2.05) is 0 Å². The number of carbonyl (C=O) groups is 2. The maximum atomic E-state index is 12.5. The SMILES string of the molecule is CNC(=O)c1cocnc(N(CCCCC(=O)O)S(C)(=O)=O)c(C2CC2)cc1C. The number of anilines is 1. The van der Waals surface area contributed by atoms with Crippen LogP contribution < -0.4 is 9.62 Å². The van der Waals surface area contributed by atoms with Crippen molar-refractivity contribution >= 4 is 27.7 Å². The van der Waals surface area contributed by atoms with Crippen LogP contribution in [0.4, 0.5) is 5.82 Å². The molecule has 1 fully saturated rings. The lowest BCUT2D eigenvalue weighted by Gasteiger charge is -2.23. The molecule has 0 radical (unpaired) electrons.